The van der Waals surface area contributed by atoms with Crippen LogP contribution in [0.3, 0.4) is 0 Å². The summed E-state index contributed by atoms with van der Waals surface area (Å²) in [6.07, 6.45) is 1.82. The maximum absolute atomic E-state index is 11.1. The number of nitrogens with zero attached hydrogens (tertiary/aromatic N) is 1. The largest absolute Gasteiger partial charge is 0.481 e. The maximum atomic E-state index is 11.1. The van der Waals surface area contributed by atoms with Crippen LogP contribution in [0, 0.1) is 11.8 Å². The summed E-state index contributed by atoms with van der Waals surface area (Å²) in [6.45, 7) is 2.89. The normalized spacial score (nSPS) is 39.1. The molecular formula is C10H18N2O2. The zero-order chi connectivity index (χ0) is 10.1. The first-order valence-electron chi connectivity index (χ1n) is 5.33. The molecule has 2 aliphatic rings. The number of rotatable bonds is 1. The number of fused-ring (bicyclic) bond motifs is 1. The second-order valence-electron chi connectivity index (χ2n) is 4.53. The van der Waals surface area contributed by atoms with Gasteiger partial charge >= 0.3 is 5.97 Å². The van der Waals surface area contributed by atoms with Crippen LogP contribution in [-0.2, 0) is 4.79 Å². The van der Waals surface area contributed by atoms with Crippen LogP contribution in [0.5, 0.6) is 0 Å². The zero-order valence-electron chi connectivity index (χ0n) is 8.57. The smallest absolute Gasteiger partial charge is 0.306 e. The van der Waals surface area contributed by atoms with Gasteiger partial charge in [0.1, 0.15) is 0 Å². The van der Waals surface area contributed by atoms with Gasteiger partial charge in [-0.1, -0.05) is 0 Å². The van der Waals surface area contributed by atoms with Crippen molar-refractivity contribution in [3.63, 3.8) is 0 Å². The van der Waals surface area contributed by atoms with Gasteiger partial charge in [-0.3, -0.25) is 4.79 Å². The molecule has 2 heterocycles. The summed E-state index contributed by atoms with van der Waals surface area (Å²) in [5.41, 5.74) is 0. The first kappa shape index (κ1) is 9.93. The van der Waals surface area contributed by atoms with Gasteiger partial charge in [0.15, 0.2) is 0 Å². The van der Waals surface area contributed by atoms with Gasteiger partial charge in [-0.2, -0.15) is 0 Å². The lowest BCUT2D eigenvalue weighted by Crippen LogP contribution is -2.38. The van der Waals surface area contributed by atoms with E-state index in [0.717, 1.165) is 32.5 Å². The minimum Gasteiger partial charge on any atom is -0.481 e. The van der Waals surface area contributed by atoms with E-state index in [9.17, 15) is 4.79 Å². The fourth-order valence-corrected chi connectivity index (χ4v) is 2.79. The van der Waals surface area contributed by atoms with E-state index in [-0.39, 0.29) is 5.92 Å². The van der Waals surface area contributed by atoms with E-state index < -0.39 is 5.97 Å². The highest BCUT2D eigenvalue weighted by molar-refractivity contribution is 5.70. The van der Waals surface area contributed by atoms with Gasteiger partial charge in [0.2, 0.25) is 0 Å². The first-order chi connectivity index (χ1) is 6.68. The van der Waals surface area contributed by atoms with Crippen LogP contribution in [0.1, 0.15) is 12.8 Å². The molecule has 0 aliphatic carbocycles. The molecule has 3 atom stereocenters. The molecule has 0 spiro atoms. The summed E-state index contributed by atoms with van der Waals surface area (Å²) in [5, 5.41) is 12.6. The van der Waals surface area contributed by atoms with Crippen LogP contribution in [0.25, 0.3) is 0 Å². The van der Waals surface area contributed by atoms with Gasteiger partial charge in [0, 0.05) is 25.0 Å². The summed E-state index contributed by atoms with van der Waals surface area (Å²) < 4.78 is 0. The van der Waals surface area contributed by atoms with E-state index in [1.165, 1.54) is 0 Å². The number of carbonyl (C=O) groups is 1. The van der Waals surface area contributed by atoms with E-state index >= 15 is 0 Å². The summed E-state index contributed by atoms with van der Waals surface area (Å²) in [6, 6.07) is 0.392. The molecule has 0 aromatic rings. The lowest BCUT2D eigenvalue weighted by atomic mass is 9.86. The molecule has 0 saturated carbocycles. The highest BCUT2D eigenvalue weighted by atomic mass is 16.4. The molecule has 14 heavy (non-hydrogen) atoms. The van der Waals surface area contributed by atoms with Crippen molar-refractivity contribution in [2.75, 3.05) is 26.7 Å². The van der Waals surface area contributed by atoms with E-state index in [1.54, 1.807) is 0 Å². The molecule has 4 heteroatoms. The summed E-state index contributed by atoms with van der Waals surface area (Å²) >= 11 is 0. The van der Waals surface area contributed by atoms with Crippen molar-refractivity contribution >= 4 is 5.97 Å². The Bertz CT molecular complexity index is 232. The summed E-state index contributed by atoms with van der Waals surface area (Å²) in [4.78, 5) is 13.3. The molecule has 0 aromatic carbocycles. The molecule has 2 N–H and O–H groups in total. The second kappa shape index (κ2) is 3.87. The Hall–Kier alpha value is -0.610. The second-order valence-corrected chi connectivity index (χ2v) is 4.53. The van der Waals surface area contributed by atoms with Gasteiger partial charge in [0.25, 0.3) is 0 Å². The minimum atomic E-state index is -0.612. The van der Waals surface area contributed by atoms with Crippen molar-refractivity contribution in [3.05, 3.63) is 0 Å². The predicted octanol–water partition coefficient (Wildman–Crippen LogP) is 0.000800. The Morgan fingerprint density at radius 3 is 3.00 bits per heavy atom. The Kier molecular flexibility index (Phi) is 2.74. The highest BCUT2D eigenvalue weighted by Crippen LogP contribution is 2.29. The van der Waals surface area contributed by atoms with Crippen LogP contribution < -0.4 is 5.32 Å². The van der Waals surface area contributed by atoms with Gasteiger partial charge in [-0.25, -0.2) is 0 Å². The Morgan fingerprint density at radius 1 is 1.50 bits per heavy atom. The van der Waals surface area contributed by atoms with Crippen LogP contribution in [0.4, 0.5) is 0 Å². The molecule has 80 valence electrons. The van der Waals surface area contributed by atoms with Crippen LogP contribution in [0.15, 0.2) is 0 Å². The van der Waals surface area contributed by atoms with Crippen LogP contribution >= 0.6 is 0 Å². The molecular weight excluding hydrogens is 180 g/mol. The number of likely N-dealkylation sites (tertiary alicyclic amines) is 1. The number of carboxylic acid groups (broad SMARTS) is 1. The molecule has 0 aromatic heterocycles. The van der Waals surface area contributed by atoms with E-state index in [4.69, 9.17) is 5.11 Å². The molecule has 0 bridgehead atoms. The van der Waals surface area contributed by atoms with Gasteiger partial charge in [-0.15, -0.1) is 0 Å². The molecule has 2 fully saturated rings. The summed E-state index contributed by atoms with van der Waals surface area (Å²) in [7, 11) is 2.06. The Balaban J connectivity index is 2.12. The quantitative estimate of drug-likeness (QED) is 0.623. The maximum Gasteiger partial charge on any atom is 0.306 e. The minimum absolute atomic E-state index is 0.139. The lowest BCUT2D eigenvalue weighted by molar-refractivity contribution is -0.143. The Labute approximate surface area is 84.3 Å². The van der Waals surface area contributed by atoms with Crippen molar-refractivity contribution in [2.45, 2.75) is 18.9 Å². The summed E-state index contributed by atoms with van der Waals surface area (Å²) in [5.74, 6) is -0.445. The average molecular weight is 198 g/mol. The third-order valence-corrected chi connectivity index (χ3v) is 3.48. The molecule has 2 saturated heterocycles. The van der Waals surface area contributed by atoms with Crippen molar-refractivity contribution in [2.24, 2.45) is 11.8 Å². The molecule has 2 aliphatic heterocycles. The van der Waals surface area contributed by atoms with E-state index in [1.807, 2.05) is 0 Å². The van der Waals surface area contributed by atoms with E-state index in [0.29, 0.717) is 12.0 Å². The third-order valence-electron chi connectivity index (χ3n) is 3.48. The molecule has 0 radical (unpaired) electrons. The Morgan fingerprint density at radius 2 is 2.29 bits per heavy atom. The number of hydrogen-bond donors (Lipinski definition) is 2. The predicted molar refractivity (Wildman–Crippen MR) is 53.1 cm³/mol. The number of hydrogen-bond acceptors (Lipinski definition) is 3. The van der Waals surface area contributed by atoms with Crippen LogP contribution in [0.2, 0.25) is 0 Å². The molecule has 0 amide bonds. The number of likely N-dealkylation sites (N-methyl/N-ethyl adjacent to an activating group) is 1. The highest BCUT2D eigenvalue weighted by Gasteiger charge is 2.40. The van der Waals surface area contributed by atoms with Gasteiger partial charge in [0.05, 0.1) is 5.92 Å². The third kappa shape index (κ3) is 1.77. The number of nitrogens with one attached hydrogen (secondary N) is 1. The lowest BCUT2D eigenvalue weighted by Gasteiger charge is -2.21. The van der Waals surface area contributed by atoms with E-state index in [2.05, 4.69) is 17.3 Å². The van der Waals surface area contributed by atoms with Crippen LogP contribution in [-0.4, -0.2) is 48.7 Å². The van der Waals surface area contributed by atoms with Crippen molar-refractivity contribution in [3.8, 4) is 0 Å². The monoisotopic (exact) mass is 198 g/mol. The zero-order valence-corrected chi connectivity index (χ0v) is 8.57. The first-order valence-corrected chi connectivity index (χ1v) is 5.33. The van der Waals surface area contributed by atoms with Gasteiger partial charge in [-0.05, 0) is 26.4 Å². The average Bonchev–Trinajstić information content (AvgIpc) is 2.35. The number of carboxylic acids is 1. The van der Waals surface area contributed by atoms with Gasteiger partial charge < -0.3 is 15.3 Å². The molecule has 4 nitrogen and oxygen atoms in total. The fraction of sp³-hybridized carbons (Fsp3) is 0.900. The molecule has 3 unspecified atom stereocenters. The molecule has 2 rings (SSSR count). The van der Waals surface area contributed by atoms with Crippen molar-refractivity contribution in [1.82, 2.24) is 10.2 Å². The number of aliphatic carboxylic acids is 1. The standard InChI is InChI=1S/C10H18N2O2/c1-12-5-8-7(10(13)14)3-2-4-11-9(8)6-12/h7-9,11H,2-6H2,1H3,(H,13,14). The topological polar surface area (TPSA) is 52.6 Å². The van der Waals surface area contributed by atoms with Crippen molar-refractivity contribution in [1.29, 1.82) is 0 Å². The SMILES string of the molecule is CN1CC2NCCCC(C(=O)O)C2C1. The fourth-order valence-electron chi connectivity index (χ4n) is 2.79. The van der Waals surface area contributed by atoms with Crippen molar-refractivity contribution < 1.29 is 9.90 Å².